The fourth-order valence-corrected chi connectivity index (χ4v) is 3.58. The molecule has 0 spiro atoms. The monoisotopic (exact) mass is 612 g/mol. The Bertz CT molecular complexity index is 1030. The maximum Gasteiger partial charge on any atom is 0.260 e. The smallest absolute Gasteiger partial charge is 0.260 e. The van der Waals surface area contributed by atoms with E-state index in [0.717, 1.165) is 0 Å². The van der Waals surface area contributed by atoms with Crippen LogP contribution in [0.1, 0.15) is 67.7 Å². The molecule has 17 heteroatoms. The van der Waals surface area contributed by atoms with Crippen LogP contribution in [0.4, 0.5) is 0 Å². The van der Waals surface area contributed by atoms with Gasteiger partial charge in [-0.1, -0.05) is 34.1 Å². The van der Waals surface area contributed by atoms with Crippen LogP contribution in [0.25, 0.3) is 0 Å². The highest BCUT2D eigenvalue weighted by Gasteiger charge is 2.33. The Morgan fingerprint density at radius 3 is 1.84 bits per heavy atom. The molecule has 0 aromatic heterocycles. The lowest BCUT2D eigenvalue weighted by atomic mass is 9.97. The molecule has 0 heterocycles. The van der Waals surface area contributed by atoms with Gasteiger partial charge in [0.15, 0.2) is 5.96 Å². The first-order chi connectivity index (χ1) is 20.0. The summed E-state index contributed by atoms with van der Waals surface area (Å²) in [4.78, 5) is 90.4. The number of nitrogens with zero attached hydrogens (tertiary/aromatic N) is 1. The summed E-state index contributed by atoms with van der Waals surface area (Å²) in [6.07, 6.45) is 0.893. The first kappa shape index (κ1) is 38.6. The number of aliphatic imine (C=N–C) groups is 1. The Morgan fingerprint density at radius 2 is 1.33 bits per heavy atom. The second-order valence-electron chi connectivity index (χ2n) is 10.5. The summed E-state index contributed by atoms with van der Waals surface area (Å²) in [5.41, 5.74) is 15.0. The van der Waals surface area contributed by atoms with Crippen LogP contribution >= 0.6 is 0 Å². The van der Waals surface area contributed by atoms with E-state index >= 15 is 0 Å². The van der Waals surface area contributed by atoms with E-state index in [0.29, 0.717) is 6.42 Å². The van der Waals surface area contributed by atoms with Crippen molar-refractivity contribution in [3.63, 3.8) is 0 Å². The molecular formula is C26H48N10O7. The number of hydrogen-bond acceptors (Lipinski definition) is 8. The first-order valence-electron chi connectivity index (χ1n) is 14.1. The van der Waals surface area contributed by atoms with E-state index in [9.17, 15) is 33.6 Å². The second-order valence-corrected chi connectivity index (χ2v) is 10.5. The van der Waals surface area contributed by atoms with Gasteiger partial charge >= 0.3 is 0 Å². The molecule has 0 bridgehead atoms. The number of carbonyl (C=O) groups is 7. The quantitative estimate of drug-likeness (QED) is 0.0350. The third-order valence-corrected chi connectivity index (χ3v) is 6.25. The van der Waals surface area contributed by atoms with E-state index in [1.807, 2.05) is 6.92 Å². The van der Waals surface area contributed by atoms with Crippen molar-refractivity contribution >= 4 is 47.3 Å². The van der Waals surface area contributed by atoms with Gasteiger partial charge in [-0.2, -0.15) is 0 Å². The van der Waals surface area contributed by atoms with Crippen molar-refractivity contribution in [3.05, 3.63) is 0 Å². The minimum atomic E-state index is -1.14. The molecule has 0 radical (unpaired) electrons. The molecule has 43 heavy (non-hydrogen) atoms. The van der Waals surface area contributed by atoms with Crippen LogP contribution in [-0.2, 0) is 33.6 Å². The summed E-state index contributed by atoms with van der Waals surface area (Å²) in [6.45, 7) is 10.6. The maximum absolute atomic E-state index is 13.4. The van der Waals surface area contributed by atoms with Crippen molar-refractivity contribution in [3.8, 4) is 0 Å². The van der Waals surface area contributed by atoms with Crippen LogP contribution in [0.3, 0.4) is 0 Å². The average molecular weight is 613 g/mol. The zero-order valence-electron chi connectivity index (χ0n) is 26.0. The van der Waals surface area contributed by atoms with Crippen LogP contribution in [0.2, 0.25) is 0 Å². The molecule has 0 saturated heterocycles. The largest absolute Gasteiger partial charge is 0.370 e. The molecule has 7 amide bonds. The summed E-state index contributed by atoms with van der Waals surface area (Å²) in [7, 11) is 0. The fourth-order valence-electron chi connectivity index (χ4n) is 3.58. The molecule has 17 nitrogen and oxygen atoms in total. The van der Waals surface area contributed by atoms with Gasteiger partial charge in [0, 0.05) is 20.4 Å². The van der Waals surface area contributed by atoms with E-state index in [2.05, 4.69) is 42.4 Å². The lowest BCUT2D eigenvalue weighted by Crippen LogP contribution is -2.60. The highest BCUT2D eigenvalue weighted by Crippen LogP contribution is 2.10. The summed E-state index contributed by atoms with van der Waals surface area (Å²) < 4.78 is 0. The zero-order valence-corrected chi connectivity index (χ0v) is 26.0. The van der Waals surface area contributed by atoms with Gasteiger partial charge in [0.05, 0.1) is 6.54 Å². The SMILES string of the molecule is CC[C@H](C)[C@H](NC(=O)CNC(C)=O)C(=O)N[C@@H](CCCN=C(N)N)C(=O)N[C@H](C(=O)N[C@@H](C)C(=O)NNC(C)=O)C(C)C. The van der Waals surface area contributed by atoms with Crippen LogP contribution < -0.4 is 48.9 Å². The Balaban J connectivity index is 5.83. The van der Waals surface area contributed by atoms with Gasteiger partial charge in [-0.15, -0.1) is 0 Å². The maximum atomic E-state index is 13.4. The molecule has 11 N–H and O–H groups in total. The number of nitrogens with one attached hydrogen (secondary N) is 7. The normalized spacial score (nSPS) is 14.0. The molecule has 0 aliphatic heterocycles. The van der Waals surface area contributed by atoms with Crippen molar-refractivity contribution in [1.82, 2.24) is 37.4 Å². The minimum absolute atomic E-state index is 0.0867. The predicted octanol–water partition coefficient (Wildman–Crippen LogP) is -3.00. The van der Waals surface area contributed by atoms with Gasteiger partial charge in [-0.05, 0) is 31.6 Å². The Morgan fingerprint density at radius 1 is 0.721 bits per heavy atom. The molecule has 0 aliphatic carbocycles. The Kier molecular flexibility index (Phi) is 17.6. The standard InChI is InChI=1S/C26H48N10O7/c1-8-14(4)21(33-19(39)12-30-16(6)37)25(43)32-18(10-9-11-29-26(27)28)23(41)34-20(13(2)3)24(42)31-15(5)22(40)36-35-17(7)38/h13-15,18,20-21H,8-12H2,1-7H3,(H,30,37)(H,31,42)(H,32,43)(H,33,39)(H,34,41)(H,35,38)(H,36,40)(H4,27,28,29)/t14-,15-,18-,20-,21-/m0/s1. The van der Waals surface area contributed by atoms with Crippen LogP contribution in [0.15, 0.2) is 4.99 Å². The number of hydrogen-bond donors (Lipinski definition) is 9. The van der Waals surface area contributed by atoms with Gasteiger partial charge in [0.1, 0.15) is 24.2 Å². The van der Waals surface area contributed by atoms with Gasteiger partial charge < -0.3 is 38.1 Å². The number of carbonyl (C=O) groups excluding carboxylic acids is 7. The molecule has 0 aromatic rings. The van der Waals surface area contributed by atoms with E-state index in [4.69, 9.17) is 11.5 Å². The first-order valence-corrected chi connectivity index (χ1v) is 14.1. The Labute approximate surface area is 251 Å². The average Bonchev–Trinajstić information content (AvgIpc) is 2.92. The molecule has 5 atom stereocenters. The summed E-state index contributed by atoms with van der Waals surface area (Å²) in [5, 5.41) is 12.7. The van der Waals surface area contributed by atoms with Crippen molar-refractivity contribution in [1.29, 1.82) is 0 Å². The summed E-state index contributed by atoms with van der Waals surface area (Å²) >= 11 is 0. The number of amides is 7. The topological polar surface area (TPSA) is 268 Å². The molecule has 0 rings (SSSR count). The van der Waals surface area contributed by atoms with Gasteiger partial charge in [0.25, 0.3) is 5.91 Å². The van der Waals surface area contributed by atoms with Gasteiger partial charge in [0.2, 0.25) is 35.4 Å². The molecular weight excluding hydrogens is 564 g/mol. The van der Waals surface area contributed by atoms with Crippen molar-refractivity contribution in [2.75, 3.05) is 13.1 Å². The molecule has 0 aromatic carbocycles. The summed E-state index contributed by atoms with van der Waals surface area (Å²) in [6, 6.07) is -4.31. The highest BCUT2D eigenvalue weighted by molar-refractivity contribution is 5.96. The number of nitrogens with two attached hydrogens (primary N) is 2. The molecule has 0 saturated carbocycles. The van der Waals surface area contributed by atoms with Gasteiger partial charge in [-0.3, -0.25) is 49.4 Å². The van der Waals surface area contributed by atoms with E-state index in [1.54, 1.807) is 20.8 Å². The van der Waals surface area contributed by atoms with Crippen molar-refractivity contribution in [2.24, 2.45) is 28.3 Å². The number of hydrazine groups is 1. The second kappa shape index (κ2) is 19.6. The van der Waals surface area contributed by atoms with E-state index in [1.165, 1.54) is 20.8 Å². The lowest BCUT2D eigenvalue weighted by Gasteiger charge is -2.29. The predicted molar refractivity (Wildman–Crippen MR) is 158 cm³/mol. The third-order valence-electron chi connectivity index (χ3n) is 6.25. The summed E-state index contributed by atoms with van der Waals surface area (Å²) in [5.74, 6) is -5.07. The molecule has 244 valence electrons. The number of rotatable bonds is 17. The third kappa shape index (κ3) is 16.0. The zero-order chi connectivity index (χ0) is 33.3. The molecule has 0 fully saturated rings. The van der Waals surface area contributed by atoms with E-state index < -0.39 is 71.4 Å². The molecule has 0 aliphatic rings. The van der Waals surface area contributed by atoms with Gasteiger partial charge in [-0.25, -0.2) is 0 Å². The lowest BCUT2D eigenvalue weighted by molar-refractivity contribution is -0.136. The van der Waals surface area contributed by atoms with Crippen molar-refractivity contribution in [2.45, 2.75) is 91.9 Å². The highest BCUT2D eigenvalue weighted by atomic mass is 16.2. The van der Waals surface area contributed by atoms with E-state index in [-0.39, 0.29) is 37.8 Å². The Hall–Kier alpha value is -4.44. The van der Waals surface area contributed by atoms with Crippen LogP contribution in [-0.4, -0.2) is 84.6 Å². The fraction of sp³-hybridized carbons (Fsp3) is 0.692. The molecule has 0 unspecified atom stereocenters. The minimum Gasteiger partial charge on any atom is -0.370 e. The van der Waals surface area contributed by atoms with Crippen molar-refractivity contribution < 1.29 is 33.6 Å². The van der Waals surface area contributed by atoms with Crippen LogP contribution in [0.5, 0.6) is 0 Å². The van der Waals surface area contributed by atoms with Crippen LogP contribution in [0, 0.1) is 11.8 Å². The number of guanidine groups is 1.